The van der Waals surface area contributed by atoms with Gasteiger partial charge in [0.2, 0.25) is 0 Å². The summed E-state index contributed by atoms with van der Waals surface area (Å²) in [6.45, 7) is 4.04. The van der Waals surface area contributed by atoms with Crippen LogP contribution in [0.2, 0.25) is 0 Å². The summed E-state index contributed by atoms with van der Waals surface area (Å²) >= 11 is 0. The van der Waals surface area contributed by atoms with Gasteiger partial charge < -0.3 is 15.0 Å². The fraction of sp³-hybridized carbons (Fsp3) is 0.158. The van der Waals surface area contributed by atoms with Gasteiger partial charge in [-0.25, -0.2) is 4.79 Å². The number of ether oxygens (including phenoxy) is 1. The van der Waals surface area contributed by atoms with Crippen LogP contribution < -0.4 is 5.32 Å². The molecular weight excluding hydrogens is 304 g/mol. The molecule has 1 heterocycles. The highest BCUT2D eigenvalue weighted by Crippen LogP contribution is 2.22. The van der Waals surface area contributed by atoms with Crippen LogP contribution in [-0.2, 0) is 4.74 Å². The third kappa shape index (κ3) is 3.01. The van der Waals surface area contributed by atoms with E-state index in [1.165, 1.54) is 7.11 Å². The number of fused-ring (bicyclic) bond motifs is 1. The Kier molecular flexibility index (Phi) is 4.08. The summed E-state index contributed by atoms with van der Waals surface area (Å²) in [5.41, 5.74) is 4.59. The molecule has 122 valence electrons. The molecule has 0 atom stereocenters. The Hall–Kier alpha value is -3.08. The van der Waals surface area contributed by atoms with Crippen LogP contribution in [-0.4, -0.2) is 24.0 Å². The normalized spacial score (nSPS) is 10.6. The molecule has 2 aromatic carbocycles. The molecule has 1 amide bonds. The number of aromatic nitrogens is 1. The van der Waals surface area contributed by atoms with Crippen LogP contribution in [0.5, 0.6) is 0 Å². The minimum atomic E-state index is -0.442. The molecule has 5 heteroatoms. The molecule has 1 aromatic heterocycles. The van der Waals surface area contributed by atoms with Crippen LogP contribution >= 0.6 is 0 Å². The molecule has 0 aliphatic carbocycles. The van der Waals surface area contributed by atoms with Crippen LogP contribution in [0.1, 0.15) is 32.0 Å². The maximum Gasteiger partial charge on any atom is 0.337 e. The maximum atomic E-state index is 12.5. The first-order chi connectivity index (χ1) is 11.5. The van der Waals surface area contributed by atoms with Crippen molar-refractivity contribution < 1.29 is 14.3 Å². The SMILES string of the molecule is COC(=O)c1cccc(NC(=O)c2cc3c(C)cc(C)cc3[nH]2)c1. The Balaban J connectivity index is 1.88. The summed E-state index contributed by atoms with van der Waals surface area (Å²) in [5.74, 6) is -0.701. The summed E-state index contributed by atoms with van der Waals surface area (Å²) in [7, 11) is 1.32. The van der Waals surface area contributed by atoms with Gasteiger partial charge in [-0.05, 0) is 55.3 Å². The van der Waals surface area contributed by atoms with E-state index >= 15 is 0 Å². The predicted octanol–water partition coefficient (Wildman–Crippen LogP) is 3.82. The zero-order valence-corrected chi connectivity index (χ0v) is 13.8. The van der Waals surface area contributed by atoms with E-state index in [2.05, 4.69) is 21.1 Å². The molecule has 0 bridgehead atoms. The molecular formula is C19H18N2O3. The highest BCUT2D eigenvalue weighted by atomic mass is 16.5. The number of amides is 1. The van der Waals surface area contributed by atoms with E-state index in [1.807, 2.05) is 26.0 Å². The molecule has 3 aromatic rings. The minimum absolute atomic E-state index is 0.259. The Labute approximate surface area is 139 Å². The largest absolute Gasteiger partial charge is 0.465 e. The van der Waals surface area contributed by atoms with E-state index < -0.39 is 5.97 Å². The average molecular weight is 322 g/mol. The first-order valence-electron chi connectivity index (χ1n) is 7.57. The van der Waals surface area contributed by atoms with Crippen molar-refractivity contribution in [1.29, 1.82) is 0 Å². The molecule has 24 heavy (non-hydrogen) atoms. The molecule has 0 spiro atoms. The Morgan fingerprint density at radius 3 is 2.62 bits per heavy atom. The number of aryl methyl sites for hydroxylation is 2. The second-order valence-electron chi connectivity index (χ2n) is 5.75. The molecule has 0 radical (unpaired) electrons. The topological polar surface area (TPSA) is 71.2 Å². The van der Waals surface area contributed by atoms with Crippen molar-refractivity contribution in [3.05, 3.63) is 64.8 Å². The third-order valence-electron chi connectivity index (χ3n) is 3.88. The second kappa shape index (κ2) is 6.20. The lowest BCUT2D eigenvalue weighted by Crippen LogP contribution is -2.12. The molecule has 3 rings (SSSR count). The molecule has 0 fully saturated rings. The molecule has 0 saturated carbocycles. The molecule has 5 nitrogen and oxygen atoms in total. The van der Waals surface area contributed by atoms with Crippen molar-refractivity contribution in [2.75, 3.05) is 12.4 Å². The standard InChI is InChI=1S/C19H18N2O3/c1-11-7-12(2)15-10-17(21-16(15)8-11)18(22)20-14-6-4-5-13(9-14)19(23)24-3/h4-10,21H,1-3H3,(H,20,22). The first kappa shape index (κ1) is 15.8. The van der Waals surface area contributed by atoms with Gasteiger partial charge in [-0.3, -0.25) is 4.79 Å². The van der Waals surface area contributed by atoms with Crippen molar-refractivity contribution in [1.82, 2.24) is 4.98 Å². The number of benzene rings is 2. The van der Waals surface area contributed by atoms with E-state index in [4.69, 9.17) is 0 Å². The number of anilines is 1. The van der Waals surface area contributed by atoms with Gasteiger partial charge in [0.05, 0.1) is 12.7 Å². The van der Waals surface area contributed by atoms with Crippen molar-refractivity contribution >= 4 is 28.5 Å². The van der Waals surface area contributed by atoms with Gasteiger partial charge in [-0.2, -0.15) is 0 Å². The van der Waals surface area contributed by atoms with Gasteiger partial charge in [0, 0.05) is 16.6 Å². The highest BCUT2D eigenvalue weighted by molar-refractivity contribution is 6.06. The molecule has 2 N–H and O–H groups in total. The smallest absolute Gasteiger partial charge is 0.337 e. The molecule has 0 saturated heterocycles. The number of hydrogen-bond acceptors (Lipinski definition) is 3. The Bertz CT molecular complexity index is 941. The van der Waals surface area contributed by atoms with E-state index in [1.54, 1.807) is 24.3 Å². The molecule has 0 aliphatic heterocycles. The van der Waals surface area contributed by atoms with Crippen molar-refractivity contribution in [2.24, 2.45) is 0 Å². The van der Waals surface area contributed by atoms with E-state index in [0.717, 1.165) is 22.0 Å². The Morgan fingerprint density at radius 1 is 1.08 bits per heavy atom. The lowest BCUT2D eigenvalue weighted by Gasteiger charge is -2.05. The summed E-state index contributed by atoms with van der Waals surface area (Å²) in [6.07, 6.45) is 0. The third-order valence-corrected chi connectivity index (χ3v) is 3.88. The number of methoxy groups -OCH3 is 1. The number of carbonyl (C=O) groups excluding carboxylic acids is 2. The number of carbonyl (C=O) groups is 2. The maximum absolute atomic E-state index is 12.5. The lowest BCUT2D eigenvalue weighted by molar-refractivity contribution is 0.0600. The minimum Gasteiger partial charge on any atom is -0.465 e. The second-order valence-corrected chi connectivity index (χ2v) is 5.75. The summed E-state index contributed by atoms with van der Waals surface area (Å²) in [5, 5.41) is 3.82. The lowest BCUT2D eigenvalue weighted by atomic mass is 10.1. The number of hydrogen-bond donors (Lipinski definition) is 2. The zero-order chi connectivity index (χ0) is 17.3. The van der Waals surface area contributed by atoms with E-state index in [-0.39, 0.29) is 5.91 Å². The van der Waals surface area contributed by atoms with Crippen molar-refractivity contribution in [2.45, 2.75) is 13.8 Å². The van der Waals surface area contributed by atoms with Gasteiger partial charge in [0.1, 0.15) is 5.69 Å². The van der Waals surface area contributed by atoms with E-state index in [0.29, 0.717) is 16.9 Å². The Morgan fingerprint density at radius 2 is 1.88 bits per heavy atom. The van der Waals surface area contributed by atoms with Crippen LogP contribution in [0.4, 0.5) is 5.69 Å². The quantitative estimate of drug-likeness (QED) is 0.720. The fourth-order valence-corrected chi connectivity index (χ4v) is 2.76. The van der Waals surface area contributed by atoms with Gasteiger partial charge in [0.15, 0.2) is 0 Å². The van der Waals surface area contributed by atoms with Gasteiger partial charge in [-0.15, -0.1) is 0 Å². The average Bonchev–Trinajstić information content (AvgIpc) is 2.98. The fourth-order valence-electron chi connectivity index (χ4n) is 2.76. The molecule has 0 unspecified atom stereocenters. The van der Waals surface area contributed by atoms with Crippen LogP contribution in [0.15, 0.2) is 42.5 Å². The van der Waals surface area contributed by atoms with Gasteiger partial charge in [-0.1, -0.05) is 12.1 Å². The number of esters is 1. The van der Waals surface area contributed by atoms with Crippen LogP contribution in [0.25, 0.3) is 10.9 Å². The van der Waals surface area contributed by atoms with Crippen LogP contribution in [0.3, 0.4) is 0 Å². The summed E-state index contributed by atoms with van der Waals surface area (Å²) in [6, 6.07) is 12.6. The highest BCUT2D eigenvalue weighted by Gasteiger charge is 2.12. The zero-order valence-electron chi connectivity index (χ0n) is 13.8. The van der Waals surface area contributed by atoms with Crippen molar-refractivity contribution in [3.63, 3.8) is 0 Å². The summed E-state index contributed by atoms with van der Waals surface area (Å²) in [4.78, 5) is 27.2. The number of H-pyrrole nitrogens is 1. The van der Waals surface area contributed by atoms with E-state index in [9.17, 15) is 9.59 Å². The number of rotatable bonds is 3. The number of nitrogens with one attached hydrogen (secondary N) is 2. The number of aromatic amines is 1. The van der Waals surface area contributed by atoms with Crippen molar-refractivity contribution in [3.8, 4) is 0 Å². The monoisotopic (exact) mass is 322 g/mol. The molecule has 0 aliphatic rings. The van der Waals surface area contributed by atoms with Crippen LogP contribution in [0, 0.1) is 13.8 Å². The predicted molar refractivity (Wildman–Crippen MR) is 93.5 cm³/mol. The summed E-state index contributed by atoms with van der Waals surface area (Å²) < 4.78 is 4.69. The van der Waals surface area contributed by atoms with Gasteiger partial charge >= 0.3 is 5.97 Å². The van der Waals surface area contributed by atoms with Gasteiger partial charge in [0.25, 0.3) is 5.91 Å². The first-order valence-corrected chi connectivity index (χ1v) is 7.57.